The Balaban J connectivity index is 1.58. The molecule has 1 aliphatic heterocycles. The van der Waals surface area contributed by atoms with Gasteiger partial charge in [-0.3, -0.25) is 4.79 Å². The third-order valence-corrected chi connectivity index (χ3v) is 7.75. The molecule has 1 aromatic carbocycles. The monoisotopic (exact) mass is 430 g/mol. The summed E-state index contributed by atoms with van der Waals surface area (Å²) in [6.45, 7) is 4.62. The second kappa shape index (κ2) is 8.91. The molecule has 1 aliphatic carbocycles. The molecule has 0 amide bonds. The second-order valence-electron chi connectivity index (χ2n) is 7.86. The fourth-order valence-corrected chi connectivity index (χ4v) is 5.23. The van der Waals surface area contributed by atoms with Crippen LogP contribution >= 0.6 is 35.1 Å². The van der Waals surface area contributed by atoms with Crippen molar-refractivity contribution in [1.82, 2.24) is 9.21 Å². The van der Waals surface area contributed by atoms with Gasteiger partial charge in [0.2, 0.25) is 0 Å². The third kappa shape index (κ3) is 4.94. The van der Waals surface area contributed by atoms with Crippen molar-refractivity contribution in [1.29, 1.82) is 0 Å². The molecule has 2 aliphatic rings. The Kier molecular flexibility index (Phi) is 7.02. The zero-order valence-corrected chi connectivity index (χ0v) is 18.3. The van der Waals surface area contributed by atoms with Crippen LogP contribution in [0.3, 0.4) is 0 Å². The topological polar surface area (TPSA) is 43.8 Å². The fraction of sp³-hybridized carbons (Fsp3) is 0.650. The van der Waals surface area contributed by atoms with Crippen molar-refractivity contribution in [2.45, 2.75) is 56.5 Å². The summed E-state index contributed by atoms with van der Waals surface area (Å²) < 4.78 is 2.59. The molecule has 1 saturated heterocycles. The maximum atomic E-state index is 12.0. The van der Waals surface area contributed by atoms with E-state index in [4.69, 9.17) is 23.2 Å². The van der Waals surface area contributed by atoms with Crippen LogP contribution in [0.25, 0.3) is 0 Å². The lowest BCUT2D eigenvalue weighted by atomic mass is 9.79. The van der Waals surface area contributed by atoms with Crippen molar-refractivity contribution in [3.05, 3.63) is 33.8 Å². The van der Waals surface area contributed by atoms with E-state index in [-0.39, 0.29) is 0 Å². The number of nitrogens with zero attached hydrogens (tertiary/aromatic N) is 2. The summed E-state index contributed by atoms with van der Waals surface area (Å²) in [6.07, 6.45) is 7.73. The number of carboxylic acids is 1. The van der Waals surface area contributed by atoms with Crippen molar-refractivity contribution >= 4 is 41.1 Å². The van der Waals surface area contributed by atoms with Gasteiger partial charge in [0.05, 0.1) is 15.5 Å². The van der Waals surface area contributed by atoms with Gasteiger partial charge in [0, 0.05) is 12.1 Å². The lowest BCUT2D eigenvalue weighted by Gasteiger charge is -2.38. The lowest BCUT2D eigenvalue weighted by Crippen LogP contribution is -2.45. The summed E-state index contributed by atoms with van der Waals surface area (Å²) in [5, 5.41) is 10.7. The van der Waals surface area contributed by atoms with Gasteiger partial charge in [0.15, 0.2) is 0 Å². The highest BCUT2D eigenvalue weighted by Crippen LogP contribution is 2.37. The first-order chi connectivity index (χ1) is 12.8. The van der Waals surface area contributed by atoms with Gasteiger partial charge < -0.3 is 10.0 Å². The second-order valence-corrected chi connectivity index (χ2v) is 9.46. The van der Waals surface area contributed by atoms with Crippen LogP contribution in [0, 0.1) is 0 Å². The average molecular weight is 431 g/mol. The number of carboxylic acid groups (broad SMARTS) is 1. The molecule has 7 heteroatoms. The fourth-order valence-electron chi connectivity index (χ4n) is 3.92. The molecule has 2 fully saturated rings. The van der Waals surface area contributed by atoms with Gasteiger partial charge in [-0.05, 0) is 82.6 Å². The van der Waals surface area contributed by atoms with Crippen LogP contribution in [0.5, 0.6) is 0 Å². The number of piperidine rings is 1. The Morgan fingerprint density at radius 1 is 1.22 bits per heavy atom. The van der Waals surface area contributed by atoms with Gasteiger partial charge in [-0.2, -0.15) is 0 Å². The van der Waals surface area contributed by atoms with Crippen LogP contribution in [-0.2, 0) is 10.2 Å². The normalized spacial score (nSPS) is 21.4. The molecule has 1 heterocycles. The Labute approximate surface area is 176 Å². The number of halogens is 2. The number of hydrogen-bond acceptors (Lipinski definition) is 4. The Morgan fingerprint density at radius 3 is 2.37 bits per heavy atom. The quantitative estimate of drug-likeness (QED) is 0.591. The Morgan fingerprint density at radius 2 is 1.85 bits per heavy atom. The highest BCUT2D eigenvalue weighted by atomic mass is 35.5. The van der Waals surface area contributed by atoms with E-state index in [1.807, 2.05) is 11.9 Å². The lowest BCUT2D eigenvalue weighted by molar-refractivity contribution is -0.143. The minimum atomic E-state index is -0.968. The molecule has 1 aromatic rings. The summed E-state index contributed by atoms with van der Waals surface area (Å²) >= 11 is 14.0. The van der Waals surface area contributed by atoms with Gasteiger partial charge in [0.25, 0.3) is 0 Å². The minimum Gasteiger partial charge on any atom is -0.481 e. The van der Waals surface area contributed by atoms with E-state index in [2.05, 4.69) is 15.5 Å². The number of hydrogen-bond donors (Lipinski definition) is 1. The number of aliphatic carboxylic acids is 1. The maximum Gasteiger partial charge on any atom is 0.313 e. The molecule has 150 valence electrons. The minimum absolute atomic E-state index is 0.402. The predicted molar refractivity (Wildman–Crippen MR) is 114 cm³/mol. The summed E-state index contributed by atoms with van der Waals surface area (Å²) in [5.74, 6) is -0.821. The zero-order chi connectivity index (χ0) is 19.6. The molecule has 3 rings (SSSR count). The van der Waals surface area contributed by atoms with E-state index in [9.17, 15) is 9.90 Å². The van der Waals surface area contributed by atoms with Crippen LogP contribution in [0.2, 0.25) is 10.0 Å². The van der Waals surface area contributed by atoms with E-state index in [1.54, 1.807) is 25.1 Å². The van der Waals surface area contributed by atoms with Crippen molar-refractivity contribution in [3.63, 3.8) is 0 Å². The van der Waals surface area contributed by atoms with E-state index in [0.29, 0.717) is 28.1 Å². The first kappa shape index (κ1) is 21.3. The van der Waals surface area contributed by atoms with Gasteiger partial charge >= 0.3 is 5.97 Å². The number of rotatable bonds is 8. The van der Waals surface area contributed by atoms with E-state index >= 15 is 0 Å². The van der Waals surface area contributed by atoms with Crippen LogP contribution in [0.1, 0.15) is 44.6 Å². The van der Waals surface area contributed by atoms with Crippen LogP contribution in [-0.4, -0.2) is 58.3 Å². The average Bonchev–Trinajstić information content (AvgIpc) is 3.48. The van der Waals surface area contributed by atoms with E-state index in [1.165, 1.54) is 12.8 Å². The van der Waals surface area contributed by atoms with E-state index < -0.39 is 11.4 Å². The van der Waals surface area contributed by atoms with Crippen molar-refractivity contribution in [2.75, 3.05) is 25.9 Å². The molecule has 4 nitrogen and oxygen atoms in total. The molecule has 1 saturated carbocycles. The smallest absolute Gasteiger partial charge is 0.313 e. The van der Waals surface area contributed by atoms with Gasteiger partial charge in [0.1, 0.15) is 0 Å². The molecule has 1 atom stereocenters. The predicted octanol–water partition coefficient (Wildman–Crippen LogP) is 4.93. The summed E-state index contributed by atoms with van der Waals surface area (Å²) in [7, 11) is 0. The first-order valence-electron chi connectivity index (χ1n) is 9.59. The van der Waals surface area contributed by atoms with Gasteiger partial charge in [-0.25, -0.2) is 4.31 Å². The van der Waals surface area contributed by atoms with Crippen LogP contribution in [0.4, 0.5) is 0 Å². The van der Waals surface area contributed by atoms with Gasteiger partial charge in [-0.15, -0.1) is 0 Å². The molecule has 1 N–H and O–H groups in total. The Bertz CT molecular complexity index is 678. The first-order valence-corrected chi connectivity index (χ1v) is 11.5. The molecule has 0 aromatic heterocycles. The number of likely N-dealkylation sites (tertiary alicyclic amines) is 1. The highest BCUT2D eigenvalue weighted by molar-refractivity contribution is 7.96. The van der Waals surface area contributed by atoms with Crippen LogP contribution < -0.4 is 0 Å². The molecule has 0 bridgehead atoms. The van der Waals surface area contributed by atoms with Gasteiger partial charge in [-0.1, -0.05) is 41.2 Å². The maximum absolute atomic E-state index is 12.0. The van der Waals surface area contributed by atoms with E-state index in [0.717, 1.165) is 38.5 Å². The summed E-state index contributed by atoms with van der Waals surface area (Å²) in [6, 6.07) is 6.59. The molecule has 0 radical (unpaired) electrons. The standard InChI is InChI=1S/C20H28Cl2N2O2S/c1-20(19(25)26,14-3-6-17(21)18(22)13-14)9-12-23-10-7-16(8-11-23)24(27-2)15-4-5-15/h3,6,13,15-16H,4-5,7-12H2,1-2H3,(H,25,26). The molecule has 0 spiro atoms. The summed E-state index contributed by atoms with van der Waals surface area (Å²) in [5.41, 5.74) is -0.258. The van der Waals surface area contributed by atoms with Crippen molar-refractivity contribution < 1.29 is 9.90 Å². The molecular formula is C20H28Cl2N2O2S. The summed E-state index contributed by atoms with van der Waals surface area (Å²) in [4.78, 5) is 14.5. The number of carbonyl (C=O) groups is 1. The zero-order valence-electron chi connectivity index (χ0n) is 16.0. The largest absolute Gasteiger partial charge is 0.481 e. The SMILES string of the molecule is CSN(C1CC1)C1CCN(CCC(C)(C(=O)O)c2ccc(Cl)c(Cl)c2)CC1. The number of benzene rings is 1. The molecule has 1 unspecified atom stereocenters. The Hall–Kier alpha value is -0.460. The highest BCUT2D eigenvalue weighted by Gasteiger charge is 2.38. The van der Waals surface area contributed by atoms with Crippen molar-refractivity contribution in [3.8, 4) is 0 Å². The molecular weight excluding hydrogens is 403 g/mol. The van der Waals surface area contributed by atoms with Crippen molar-refractivity contribution in [2.24, 2.45) is 0 Å². The third-order valence-electron chi connectivity index (χ3n) is 5.99. The molecule has 27 heavy (non-hydrogen) atoms. The van der Waals surface area contributed by atoms with Crippen LogP contribution in [0.15, 0.2) is 18.2 Å².